The van der Waals surface area contributed by atoms with Crippen LogP contribution < -0.4 is 20.4 Å². The SMILES string of the molecule is Cc1cc(C)c(Nc2nc(N(c3nc4ccccc4s3)c3c(C)cc(C)cc3C)cc(C)c2N=Nc2c(C#N)c(C)nn2-c2nc3ccccc3s2)c(C)c1.Cc1ccc2nc(N(c3cc(C)c(N=Nc4c(C#N)c(C)nn4-c4nc5ccc(C)cc5s4)c(Nc4c(C)cc(C)c(C)c4C)n3)c3c(C)cc(C)c(C)c3C)sc2c1. The molecule has 0 unspecified atom stereocenters. The molecule has 0 saturated heterocycles. The van der Waals surface area contributed by atoms with Crippen molar-refractivity contribution in [2.45, 2.75) is 138 Å². The Morgan fingerprint density at radius 1 is 0.342 bits per heavy atom. The topological polar surface area (TPSA) is 241 Å². The molecule has 0 aliphatic carbocycles. The van der Waals surface area contributed by atoms with Gasteiger partial charge in [0.1, 0.15) is 46.3 Å². The first-order chi connectivity index (χ1) is 54.6. The highest BCUT2D eigenvalue weighted by atomic mass is 32.1. The Labute approximate surface area is 678 Å². The quantitative estimate of drug-likeness (QED) is 0.0856. The fraction of sp³-hybridized carbons (Fsp3) is 0.222. The molecule has 0 aliphatic heterocycles. The number of aryl methyl sites for hydroxylation is 16. The van der Waals surface area contributed by atoms with E-state index in [1.807, 2.05) is 74.5 Å². The number of para-hydroxylation sites is 2. The van der Waals surface area contributed by atoms with Gasteiger partial charge in [0.2, 0.25) is 10.3 Å². The second-order valence-corrected chi connectivity index (χ2v) is 33.6. The number of hydrogen-bond donors (Lipinski definition) is 2. The van der Waals surface area contributed by atoms with Crippen LogP contribution in [0.4, 0.5) is 79.3 Å². The largest absolute Gasteiger partial charge is 0.338 e. The Hall–Kier alpha value is -12.6. The number of aromatic nitrogens is 10. The number of nitriles is 2. The highest BCUT2D eigenvalue weighted by Crippen LogP contribution is 2.49. The summed E-state index contributed by atoms with van der Waals surface area (Å²) in [5, 5.41) is 59.6. The third kappa shape index (κ3) is 14.5. The van der Waals surface area contributed by atoms with Crippen LogP contribution in [0, 0.1) is 161 Å². The molecule has 8 aromatic carbocycles. The number of rotatable bonds is 16. The van der Waals surface area contributed by atoms with Gasteiger partial charge in [0.25, 0.3) is 0 Å². The Morgan fingerprint density at radius 3 is 1.24 bits per heavy atom. The normalized spacial score (nSPS) is 11.6. The number of thiazole rings is 4. The smallest absolute Gasteiger partial charge is 0.213 e. The van der Waals surface area contributed by atoms with E-state index >= 15 is 0 Å². The van der Waals surface area contributed by atoms with E-state index in [1.54, 1.807) is 45.9 Å². The predicted molar refractivity (Wildman–Crippen MR) is 470 cm³/mol. The van der Waals surface area contributed by atoms with Gasteiger partial charge in [-0.3, -0.25) is 9.80 Å². The number of nitrogens with one attached hydrogen (secondary N) is 2. The maximum absolute atomic E-state index is 10.4. The van der Waals surface area contributed by atoms with Crippen LogP contribution in [-0.4, -0.2) is 49.5 Å². The summed E-state index contributed by atoms with van der Waals surface area (Å²) in [4.78, 5) is 35.1. The number of azo groups is 2. The van der Waals surface area contributed by atoms with Gasteiger partial charge < -0.3 is 10.6 Å². The van der Waals surface area contributed by atoms with Crippen molar-refractivity contribution in [3.05, 3.63) is 256 Å². The number of fused-ring (bicyclic) bond motifs is 4. The molecule has 114 heavy (non-hydrogen) atoms. The van der Waals surface area contributed by atoms with Gasteiger partial charge in [0.15, 0.2) is 33.5 Å². The van der Waals surface area contributed by atoms with E-state index in [2.05, 4.69) is 216 Å². The van der Waals surface area contributed by atoms with Gasteiger partial charge in [-0.15, -0.1) is 20.5 Å². The van der Waals surface area contributed by atoms with Crippen LogP contribution in [-0.2, 0) is 0 Å². The van der Waals surface area contributed by atoms with E-state index in [1.165, 1.54) is 61.6 Å². The summed E-state index contributed by atoms with van der Waals surface area (Å²) in [6.07, 6.45) is 0. The van der Waals surface area contributed by atoms with Gasteiger partial charge in [0, 0.05) is 11.4 Å². The van der Waals surface area contributed by atoms with Crippen molar-refractivity contribution in [3.63, 3.8) is 0 Å². The van der Waals surface area contributed by atoms with E-state index in [0.29, 0.717) is 79.1 Å². The molecule has 16 rings (SSSR count). The first-order valence-corrected chi connectivity index (χ1v) is 40.7. The highest BCUT2D eigenvalue weighted by Gasteiger charge is 2.30. The lowest BCUT2D eigenvalue weighted by molar-refractivity contribution is 0.848. The Bertz CT molecular complexity index is 6650. The predicted octanol–water partition coefficient (Wildman–Crippen LogP) is 26.1. The molecule has 16 aromatic rings. The average Bonchev–Trinajstić information content (AvgIpc) is 1.12. The Balaban J connectivity index is 0.000000180. The molecule has 20 nitrogen and oxygen atoms in total. The molecular formula is C90H84N20S4. The first-order valence-electron chi connectivity index (χ1n) is 37.4. The van der Waals surface area contributed by atoms with E-state index in [9.17, 15) is 10.5 Å². The minimum atomic E-state index is 0.304. The van der Waals surface area contributed by atoms with Gasteiger partial charge in [-0.1, -0.05) is 129 Å². The van der Waals surface area contributed by atoms with Crippen molar-refractivity contribution < 1.29 is 0 Å². The van der Waals surface area contributed by atoms with Gasteiger partial charge in [-0.2, -0.15) is 30.1 Å². The number of nitrogens with zero attached hydrogens (tertiary/aromatic N) is 18. The summed E-state index contributed by atoms with van der Waals surface area (Å²) in [5.41, 5.74) is 30.4. The third-order valence-corrected chi connectivity index (χ3v) is 24.9. The van der Waals surface area contributed by atoms with E-state index in [-0.39, 0.29) is 0 Å². The van der Waals surface area contributed by atoms with Crippen LogP contribution in [0.3, 0.4) is 0 Å². The molecule has 0 atom stereocenters. The maximum atomic E-state index is 10.4. The van der Waals surface area contributed by atoms with Crippen molar-refractivity contribution in [3.8, 4) is 22.4 Å². The fourth-order valence-corrected chi connectivity index (χ4v) is 18.9. The van der Waals surface area contributed by atoms with Crippen LogP contribution in [0.15, 0.2) is 154 Å². The summed E-state index contributed by atoms with van der Waals surface area (Å²) in [7, 11) is 0. The molecule has 2 N–H and O–H groups in total. The molecule has 0 amide bonds. The molecule has 0 bridgehead atoms. The van der Waals surface area contributed by atoms with Crippen LogP contribution in [0.25, 0.3) is 51.1 Å². The Kier molecular flexibility index (Phi) is 20.8. The minimum absolute atomic E-state index is 0.304. The molecule has 0 saturated carbocycles. The number of pyridine rings is 2. The standard InChI is InChI=1S/C47H46N10S2.C43H38N10S2/c1-23-13-15-36-38(17-23)58-46(49-36)56(43-29(7)20-26(4)31(9)33(43)11)40-21-28(6)42(44(51-40)52-41-27(5)19-25(3)30(8)32(41)10)53-54-45-35(22-48)34(12)55-57(45)47-50-37-16-14-24(2)18-39(37)59-47;1-23-17-25(3)37(26(4)18-23)48-40-38(49-50-41-31(22-44)30(8)51-53(41)43-46-33-14-10-12-16-35(33)55-43)27(5)21-36(47-40)52(39-28(6)19-24(2)20-29(39)7)42-45-32-13-9-11-15-34(32)54-42/h13-21H,1-12H3,(H,51,52);9-21H,1-8H3,(H,47,48). The van der Waals surface area contributed by atoms with Gasteiger partial charge in [0.05, 0.1) is 63.6 Å². The lowest BCUT2D eigenvalue weighted by Gasteiger charge is -2.28. The number of anilines is 10. The summed E-state index contributed by atoms with van der Waals surface area (Å²) in [5.74, 6) is 3.03. The first kappa shape index (κ1) is 76.8. The molecule has 8 aromatic heterocycles. The lowest BCUT2D eigenvalue weighted by atomic mass is 9.97. The second kappa shape index (κ2) is 30.8. The number of benzene rings is 8. The van der Waals surface area contributed by atoms with Gasteiger partial charge in [-0.25, -0.2) is 29.9 Å². The van der Waals surface area contributed by atoms with Crippen molar-refractivity contribution in [2.75, 3.05) is 20.4 Å². The zero-order valence-electron chi connectivity index (χ0n) is 67.4. The zero-order valence-corrected chi connectivity index (χ0v) is 70.7. The van der Waals surface area contributed by atoms with Crippen molar-refractivity contribution >= 4 is 166 Å². The summed E-state index contributed by atoms with van der Waals surface area (Å²) >= 11 is 6.25. The monoisotopic (exact) mass is 1570 g/mol. The van der Waals surface area contributed by atoms with Crippen LogP contribution in [0.1, 0.15) is 123 Å². The second-order valence-electron chi connectivity index (χ2n) is 29.6. The summed E-state index contributed by atoms with van der Waals surface area (Å²) < 4.78 is 7.46. The van der Waals surface area contributed by atoms with E-state index in [0.717, 1.165) is 135 Å². The van der Waals surface area contributed by atoms with Gasteiger partial charge in [-0.05, 0) is 288 Å². The van der Waals surface area contributed by atoms with Crippen LogP contribution in [0.2, 0.25) is 0 Å². The zero-order chi connectivity index (χ0) is 80.6. The summed E-state index contributed by atoms with van der Waals surface area (Å²) in [6.45, 7) is 41.6. The molecule has 0 spiro atoms. The van der Waals surface area contributed by atoms with E-state index < -0.39 is 0 Å². The average molecular weight is 1570 g/mol. The number of hydrogen-bond acceptors (Lipinski definition) is 22. The van der Waals surface area contributed by atoms with Crippen LogP contribution >= 0.6 is 45.3 Å². The third-order valence-electron chi connectivity index (χ3n) is 20.9. The molecule has 24 heteroatoms. The van der Waals surface area contributed by atoms with Crippen molar-refractivity contribution in [1.82, 2.24) is 49.5 Å². The molecule has 0 fully saturated rings. The molecule has 568 valence electrons. The maximum Gasteiger partial charge on any atom is 0.213 e. The highest BCUT2D eigenvalue weighted by molar-refractivity contribution is 7.23. The molecular weight excluding hydrogens is 1490 g/mol. The van der Waals surface area contributed by atoms with Crippen LogP contribution in [0.5, 0.6) is 0 Å². The lowest BCUT2D eigenvalue weighted by Crippen LogP contribution is -2.16. The molecule has 0 radical (unpaired) electrons. The summed E-state index contributed by atoms with van der Waals surface area (Å²) in [6, 6.07) is 50.4. The minimum Gasteiger partial charge on any atom is -0.338 e. The fourth-order valence-electron chi connectivity index (χ4n) is 14.9. The van der Waals surface area contributed by atoms with Crippen molar-refractivity contribution in [2.24, 2.45) is 20.5 Å². The molecule has 8 heterocycles. The van der Waals surface area contributed by atoms with E-state index in [4.69, 9.17) is 60.6 Å². The van der Waals surface area contributed by atoms with Crippen molar-refractivity contribution in [1.29, 1.82) is 10.5 Å². The molecule has 0 aliphatic rings. The Morgan fingerprint density at radius 2 is 0.737 bits per heavy atom. The van der Waals surface area contributed by atoms with Gasteiger partial charge >= 0.3 is 0 Å².